The van der Waals surface area contributed by atoms with E-state index >= 15 is 0 Å². The summed E-state index contributed by atoms with van der Waals surface area (Å²) < 4.78 is 0. The highest BCUT2D eigenvalue weighted by atomic mass is 35.5. The van der Waals surface area contributed by atoms with Crippen molar-refractivity contribution in [3.63, 3.8) is 0 Å². The molecule has 0 fully saturated rings. The molecule has 0 unspecified atom stereocenters. The number of amides is 1. The fourth-order valence-electron chi connectivity index (χ4n) is 0.772. The van der Waals surface area contributed by atoms with Gasteiger partial charge in [0.05, 0.1) is 7.11 Å². The number of hydrogen-bond acceptors (Lipinski definition) is 3. The van der Waals surface area contributed by atoms with Crippen LogP contribution in [0.4, 0.5) is 0 Å². The van der Waals surface area contributed by atoms with Gasteiger partial charge in [-0.25, -0.2) is 10.0 Å². The first-order valence-corrected chi connectivity index (χ1v) is 3.97. The topological polar surface area (TPSA) is 42.4 Å². The molecule has 0 saturated carbocycles. The second-order valence-corrected chi connectivity index (χ2v) is 2.72. The molecule has 0 saturated heterocycles. The maximum Gasteiger partial charge on any atom is 0.295 e. The summed E-state index contributed by atoms with van der Waals surface area (Å²) in [5, 5.41) is 1.37. The zero-order valence-corrected chi connectivity index (χ0v) is 8.08. The summed E-state index contributed by atoms with van der Waals surface area (Å²) in [7, 11) is 2.91. The number of carbonyl (C=O) groups excluding carboxylic acids is 1. The van der Waals surface area contributed by atoms with Gasteiger partial charge < -0.3 is 0 Å². The Morgan fingerprint density at radius 2 is 2.31 bits per heavy atom. The average Bonchev–Trinajstić information content (AvgIpc) is 2.15. The lowest BCUT2D eigenvalue weighted by molar-refractivity contribution is -0.0760. The zero-order chi connectivity index (χ0) is 9.84. The van der Waals surface area contributed by atoms with Crippen molar-refractivity contribution < 1.29 is 9.63 Å². The van der Waals surface area contributed by atoms with E-state index in [4.69, 9.17) is 16.4 Å². The van der Waals surface area contributed by atoms with E-state index in [0.29, 0.717) is 0 Å². The molecule has 70 valence electrons. The number of pyridine rings is 1. The third kappa shape index (κ3) is 2.40. The fourth-order valence-corrected chi connectivity index (χ4v) is 0.935. The second kappa shape index (κ2) is 4.20. The van der Waals surface area contributed by atoms with Crippen molar-refractivity contribution in [2.45, 2.75) is 0 Å². The highest BCUT2D eigenvalue weighted by Gasteiger charge is 2.12. The summed E-state index contributed by atoms with van der Waals surface area (Å²) in [5.41, 5.74) is 0.261. The minimum atomic E-state index is -0.329. The van der Waals surface area contributed by atoms with Crippen LogP contribution in [0.5, 0.6) is 0 Å². The van der Waals surface area contributed by atoms with Gasteiger partial charge in [0.2, 0.25) is 0 Å². The van der Waals surface area contributed by atoms with Gasteiger partial charge >= 0.3 is 0 Å². The minimum Gasteiger partial charge on any atom is -0.274 e. The van der Waals surface area contributed by atoms with Crippen LogP contribution in [0.25, 0.3) is 0 Å². The highest BCUT2D eigenvalue weighted by molar-refractivity contribution is 6.29. The van der Waals surface area contributed by atoms with Crippen LogP contribution >= 0.6 is 11.6 Å². The van der Waals surface area contributed by atoms with Gasteiger partial charge in [-0.2, -0.15) is 0 Å². The van der Waals surface area contributed by atoms with Gasteiger partial charge in [-0.15, -0.1) is 0 Å². The first-order chi connectivity index (χ1) is 6.15. The Morgan fingerprint density at radius 1 is 1.62 bits per heavy atom. The minimum absolute atomic E-state index is 0.261. The Hall–Kier alpha value is -1.13. The van der Waals surface area contributed by atoms with E-state index in [0.717, 1.165) is 5.06 Å². The highest BCUT2D eigenvalue weighted by Crippen LogP contribution is 2.06. The Morgan fingerprint density at radius 3 is 2.85 bits per heavy atom. The lowest BCUT2D eigenvalue weighted by atomic mass is 10.3. The van der Waals surface area contributed by atoms with Crippen molar-refractivity contribution in [2.24, 2.45) is 0 Å². The van der Waals surface area contributed by atoms with E-state index in [1.807, 2.05) is 0 Å². The van der Waals surface area contributed by atoms with Gasteiger partial charge in [0, 0.05) is 7.05 Å². The number of rotatable bonds is 2. The molecule has 1 heterocycles. The van der Waals surface area contributed by atoms with Crippen LogP contribution in [-0.4, -0.2) is 30.1 Å². The van der Waals surface area contributed by atoms with Crippen LogP contribution in [0, 0.1) is 0 Å². The number of hydrogen-bond donors (Lipinski definition) is 0. The molecule has 0 spiro atoms. The van der Waals surface area contributed by atoms with Crippen LogP contribution in [0.15, 0.2) is 18.2 Å². The summed E-state index contributed by atoms with van der Waals surface area (Å²) in [6, 6.07) is 4.83. The fraction of sp³-hybridized carbons (Fsp3) is 0.250. The van der Waals surface area contributed by atoms with Crippen LogP contribution in [-0.2, 0) is 4.84 Å². The molecular weight excluding hydrogens is 192 g/mol. The number of hydroxylamine groups is 2. The van der Waals surface area contributed by atoms with Gasteiger partial charge in [0.15, 0.2) is 0 Å². The van der Waals surface area contributed by atoms with Crippen molar-refractivity contribution in [3.05, 3.63) is 29.0 Å². The second-order valence-electron chi connectivity index (χ2n) is 2.33. The Labute approximate surface area is 81.0 Å². The maximum atomic E-state index is 11.4. The van der Waals surface area contributed by atoms with Gasteiger partial charge in [-0.3, -0.25) is 9.63 Å². The standard InChI is InChI=1S/C8H9ClN2O2/c1-11(13-2)8(12)6-4-3-5-7(9)10-6/h3-5H,1-2H3. The maximum absolute atomic E-state index is 11.4. The van der Waals surface area contributed by atoms with Gasteiger partial charge in [-0.1, -0.05) is 17.7 Å². The van der Waals surface area contributed by atoms with Crippen LogP contribution < -0.4 is 0 Å². The van der Waals surface area contributed by atoms with E-state index in [-0.39, 0.29) is 16.8 Å². The summed E-state index contributed by atoms with van der Waals surface area (Å²) in [4.78, 5) is 20.0. The van der Waals surface area contributed by atoms with Gasteiger partial charge in [-0.05, 0) is 12.1 Å². The molecule has 0 atom stereocenters. The first kappa shape index (κ1) is 9.95. The van der Waals surface area contributed by atoms with Crippen molar-refractivity contribution >= 4 is 17.5 Å². The van der Waals surface area contributed by atoms with E-state index in [9.17, 15) is 4.79 Å². The molecule has 0 bridgehead atoms. The molecule has 5 heteroatoms. The van der Waals surface area contributed by atoms with Gasteiger partial charge in [0.1, 0.15) is 10.8 Å². The summed E-state index contributed by atoms with van der Waals surface area (Å²) in [5.74, 6) is -0.329. The number of aromatic nitrogens is 1. The Kier molecular flexibility index (Phi) is 3.22. The van der Waals surface area contributed by atoms with Crippen LogP contribution in [0.1, 0.15) is 10.5 Å². The molecule has 1 rings (SSSR count). The smallest absolute Gasteiger partial charge is 0.274 e. The van der Waals surface area contributed by atoms with E-state index in [2.05, 4.69) is 4.98 Å². The van der Waals surface area contributed by atoms with E-state index in [1.165, 1.54) is 14.2 Å². The third-order valence-electron chi connectivity index (χ3n) is 1.49. The van der Waals surface area contributed by atoms with Crippen LogP contribution in [0.3, 0.4) is 0 Å². The predicted molar refractivity (Wildman–Crippen MR) is 48.3 cm³/mol. The Balaban J connectivity index is 2.89. The SMILES string of the molecule is CON(C)C(=O)c1cccc(Cl)n1. The molecule has 1 aromatic rings. The largest absolute Gasteiger partial charge is 0.295 e. The monoisotopic (exact) mass is 200 g/mol. The molecule has 0 N–H and O–H groups in total. The normalized spacial score (nSPS) is 9.77. The molecule has 1 aromatic heterocycles. The van der Waals surface area contributed by atoms with Crippen LogP contribution in [0.2, 0.25) is 5.15 Å². The zero-order valence-electron chi connectivity index (χ0n) is 7.32. The first-order valence-electron chi connectivity index (χ1n) is 3.60. The molecule has 4 nitrogen and oxygen atoms in total. The quantitative estimate of drug-likeness (QED) is 0.535. The van der Waals surface area contributed by atoms with Crippen molar-refractivity contribution in [3.8, 4) is 0 Å². The van der Waals surface area contributed by atoms with E-state index < -0.39 is 0 Å². The lowest BCUT2D eigenvalue weighted by Crippen LogP contribution is -2.26. The number of nitrogens with zero attached hydrogens (tertiary/aromatic N) is 2. The predicted octanol–water partition coefficient (Wildman–Crippen LogP) is 1.37. The Bertz CT molecular complexity index is 317. The molecule has 13 heavy (non-hydrogen) atoms. The molecule has 0 aliphatic carbocycles. The molecule has 0 aliphatic rings. The van der Waals surface area contributed by atoms with E-state index in [1.54, 1.807) is 18.2 Å². The van der Waals surface area contributed by atoms with Crippen molar-refractivity contribution in [1.29, 1.82) is 0 Å². The molecular formula is C8H9ClN2O2. The molecule has 0 radical (unpaired) electrons. The summed E-state index contributed by atoms with van der Waals surface area (Å²) in [6.45, 7) is 0. The molecule has 0 aliphatic heterocycles. The lowest BCUT2D eigenvalue weighted by Gasteiger charge is -2.12. The number of halogens is 1. The summed E-state index contributed by atoms with van der Waals surface area (Å²) in [6.07, 6.45) is 0. The number of carbonyl (C=O) groups is 1. The molecule has 1 amide bonds. The van der Waals surface area contributed by atoms with Gasteiger partial charge in [0.25, 0.3) is 5.91 Å². The van der Waals surface area contributed by atoms with Crippen molar-refractivity contribution in [2.75, 3.05) is 14.2 Å². The average molecular weight is 201 g/mol. The third-order valence-corrected chi connectivity index (χ3v) is 1.70. The molecule has 0 aromatic carbocycles. The van der Waals surface area contributed by atoms with Crippen molar-refractivity contribution in [1.82, 2.24) is 10.0 Å². The summed E-state index contributed by atoms with van der Waals surface area (Å²) >= 11 is 5.61.